The molecule has 1 aliphatic rings. The predicted molar refractivity (Wildman–Crippen MR) is 117 cm³/mol. The van der Waals surface area contributed by atoms with Gasteiger partial charge in [0.15, 0.2) is 5.78 Å². The van der Waals surface area contributed by atoms with Gasteiger partial charge in [-0.05, 0) is 18.6 Å². The molecule has 3 aromatic rings. The van der Waals surface area contributed by atoms with Crippen LogP contribution in [0.2, 0.25) is 0 Å². The van der Waals surface area contributed by atoms with Gasteiger partial charge >= 0.3 is 5.69 Å². The Kier molecular flexibility index (Phi) is 5.14. The van der Waals surface area contributed by atoms with Crippen LogP contribution in [0, 0.1) is 0 Å². The molecule has 0 saturated carbocycles. The molecule has 0 atom stereocenters. The van der Waals surface area contributed by atoms with E-state index in [2.05, 4.69) is 4.98 Å². The molecule has 8 nitrogen and oxygen atoms in total. The number of benzene rings is 1. The number of hydrogen-bond donors (Lipinski definition) is 0. The number of fused-ring (bicyclic) bond motifs is 3. The maximum absolute atomic E-state index is 13.4. The van der Waals surface area contributed by atoms with Gasteiger partial charge in [0.05, 0.1) is 39.1 Å². The Hall–Kier alpha value is -3.46. The van der Waals surface area contributed by atoms with Gasteiger partial charge in [-0.15, -0.1) is 0 Å². The van der Waals surface area contributed by atoms with Crippen LogP contribution in [0.4, 0.5) is 0 Å². The summed E-state index contributed by atoms with van der Waals surface area (Å²) in [6, 6.07) is 7.18. The Labute approximate surface area is 181 Å². The first-order chi connectivity index (χ1) is 14.8. The number of thioether (sulfide) groups is 1. The molecule has 1 aromatic carbocycles. The quantitative estimate of drug-likeness (QED) is 0.617. The SMILES string of the molecule is CCc1nc2c(c3c1C(=O)C(Sc1ccccc1OC)=CC3=O)c(=O)n(C)c(=O)n2C. The van der Waals surface area contributed by atoms with Gasteiger partial charge in [-0.3, -0.25) is 23.5 Å². The van der Waals surface area contributed by atoms with Crippen molar-refractivity contribution in [2.75, 3.05) is 7.11 Å². The number of rotatable bonds is 4. The normalized spacial score (nSPS) is 13.4. The third-order valence-electron chi connectivity index (χ3n) is 5.25. The van der Waals surface area contributed by atoms with E-state index in [1.165, 1.54) is 31.8 Å². The minimum absolute atomic E-state index is 0.00688. The summed E-state index contributed by atoms with van der Waals surface area (Å²) in [7, 11) is 4.34. The number of pyridine rings is 1. The lowest BCUT2D eigenvalue weighted by Gasteiger charge is -2.20. The molecule has 158 valence electrons. The molecule has 31 heavy (non-hydrogen) atoms. The van der Waals surface area contributed by atoms with Crippen molar-refractivity contribution < 1.29 is 14.3 Å². The summed E-state index contributed by atoms with van der Waals surface area (Å²) >= 11 is 1.13. The smallest absolute Gasteiger partial charge is 0.332 e. The Bertz CT molecular complexity index is 1430. The summed E-state index contributed by atoms with van der Waals surface area (Å²) in [4.78, 5) is 57.2. The molecule has 0 radical (unpaired) electrons. The molecule has 1 aliphatic carbocycles. The lowest BCUT2D eigenvalue weighted by molar-refractivity contribution is 0.0991. The number of carbonyl (C=O) groups excluding carboxylic acids is 2. The Morgan fingerprint density at radius 3 is 2.42 bits per heavy atom. The van der Waals surface area contributed by atoms with Crippen molar-refractivity contribution >= 4 is 34.4 Å². The second kappa shape index (κ2) is 7.66. The Balaban J connectivity index is 1.99. The highest BCUT2D eigenvalue weighted by molar-refractivity contribution is 8.04. The molecule has 9 heteroatoms. The Morgan fingerprint density at radius 2 is 1.74 bits per heavy atom. The zero-order valence-corrected chi connectivity index (χ0v) is 18.2. The first-order valence-corrected chi connectivity index (χ1v) is 10.4. The summed E-state index contributed by atoms with van der Waals surface area (Å²) in [6.45, 7) is 1.80. The molecule has 0 saturated heterocycles. The van der Waals surface area contributed by atoms with E-state index in [9.17, 15) is 19.2 Å². The second-order valence-electron chi connectivity index (χ2n) is 7.02. The molecule has 0 fully saturated rings. The number of Topliss-reactive ketones (excluding diaryl/α,β-unsaturated/α-hetero) is 1. The molecule has 2 aromatic heterocycles. The average molecular weight is 437 g/mol. The maximum atomic E-state index is 13.4. The molecule has 2 heterocycles. The fourth-order valence-corrected chi connectivity index (χ4v) is 4.66. The van der Waals surface area contributed by atoms with Gasteiger partial charge in [0.1, 0.15) is 11.4 Å². The van der Waals surface area contributed by atoms with Crippen LogP contribution in [0.1, 0.15) is 33.3 Å². The Morgan fingerprint density at radius 1 is 1.03 bits per heavy atom. The number of para-hydroxylation sites is 1. The molecule has 4 rings (SSSR count). The standard InChI is InChI=1S/C22H19N3O5S/c1-5-11-16-17(18-20(23-11)24(2)22(29)25(3)21(18)28)12(26)10-15(19(16)27)31-14-9-7-6-8-13(14)30-4/h6-10H,5H2,1-4H3. The van der Waals surface area contributed by atoms with E-state index < -0.39 is 17.0 Å². The monoisotopic (exact) mass is 437 g/mol. The van der Waals surface area contributed by atoms with Gasteiger partial charge < -0.3 is 4.74 Å². The predicted octanol–water partition coefficient (Wildman–Crippen LogP) is 2.26. The van der Waals surface area contributed by atoms with Crippen molar-refractivity contribution in [1.29, 1.82) is 0 Å². The fourth-order valence-electron chi connectivity index (χ4n) is 3.66. The van der Waals surface area contributed by atoms with Gasteiger partial charge in [-0.2, -0.15) is 0 Å². The van der Waals surface area contributed by atoms with E-state index in [1.54, 1.807) is 19.1 Å². The minimum atomic E-state index is -0.653. The van der Waals surface area contributed by atoms with E-state index in [-0.39, 0.29) is 32.8 Å². The van der Waals surface area contributed by atoms with Crippen LogP contribution in [0.15, 0.2) is 49.7 Å². The summed E-state index contributed by atoms with van der Waals surface area (Å²) in [6.07, 6.45) is 1.60. The number of allylic oxidation sites excluding steroid dienone is 2. The van der Waals surface area contributed by atoms with Crippen molar-refractivity contribution in [3.8, 4) is 5.75 Å². The van der Waals surface area contributed by atoms with Crippen molar-refractivity contribution in [2.24, 2.45) is 14.1 Å². The number of nitrogens with zero attached hydrogens (tertiary/aromatic N) is 3. The van der Waals surface area contributed by atoms with Crippen LogP contribution in [0.5, 0.6) is 5.75 Å². The zero-order chi connectivity index (χ0) is 22.4. The minimum Gasteiger partial charge on any atom is -0.496 e. The molecular formula is C22H19N3O5S. The summed E-state index contributed by atoms with van der Waals surface area (Å²) in [5.74, 6) is -0.270. The third-order valence-corrected chi connectivity index (χ3v) is 6.33. The van der Waals surface area contributed by atoms with Crippen LogP contribution in [-0.4, -0.2) is 32.8 Å². The molecule has 0 N–H and O–H groups in total. The lowest BCUT2D eigenvalue weighted by atomic mass is 9.90. The number of aromatic nitrogens is 3. The highest BCUT2D eigenvalue weighted by Crippen LogP contribution is 2.39. The van der Waals surface area contributed by atoms with Gasteiger partial charge in [0.2, 0.25) is 5.78 Å². The van der Waals surface area contributed by atoms with Crippen LogP contribution in [0.3, 0.4) is 0 Å². The summed E-state index contributed by atoms with van der Waals surface area (Å²) in [5.41, 5.74) is -0.609. The van der Waals surface area contributed by atoms with E-state index >= 15 is 0 Å². The average Bonchev–Trinajstić information content (AvgIpc) is 2.78. The van der Waals surface area contributed by atoms with Gasteiger partial charge in [0, 0.05) is 20.2 Å². The van der Waals surface area contributed by atoms with Gasteiger partial charge in [-0.25, -0.2) is 9.78 Å². The third kappa shape index (κ3) is 3.12. The number of aryl methyl sites for hydroxylation is 2. The largest absolute Gasteiger partial charge is 0.496 e. The van der Waals surface area contributed by atoms with Gasteiger partial charge in [-0.1, -0.05) is 30.8 Å². The van der Waals surface area contributed by atoms with E-state index in [0.29, 0.717) is 22.8 Å². The van der Waals surface area contributed by atoms with Crippen LogP contribution in [-0.2, 0) is 20.5 Å². The fraction of sp³-hybridized carbons (Fsp3) is 0.227. The van der Waals surface area contributed by atoms with Crippen LogP contribution in [0.25, 0.3) is 11.0 Å². The number of ether oxygens (including phenoxy) is 1. The molecule has 0 unspecified atom stereocenters. The molecule has 0 bridgehead atoms. The summed E-state index contributed by atoms with van der Waals surface area (Å²) in [5, 5.41) is -0.0206. The first kappa shape index (κ1) is 20.8. The van der Waals surface area contributed by atoms with Crippen molar-refractivity contribution in [3.63, 3.8) is 0 Å². The van der Waals surface area contributed by atoms with Crippen molar-refractivity contribution in [3.05, 3.63) is 72.9 Å². The number of hydrogen-bond acceptors (Lipinski definition) is 7. The highest BCUT2D eigenvalue weighted by atomic mass is 32.2. The van der Waals surface area contributed by atoms with Crippen LogP contribution >= 0.6 is 11.8 Å². The zero-order valence-electron chi connectivity index (χ0n) is 17.4. The van der Waals surface area contributed by atoms with Crippen molar-refractivity contribution in [2.45, 2.75) is 18.2 Å². The molecular weight excluding hydrogens is 418 g/mol. The van der Waals surface area contributed by atoms with E-state index in [0.717, 1.165) is 16.3 Å². The topological polar surface area (TPSA) is 100 Å². The molecule has 0 aliphatic heterocycles. The van der Waals surface area contributed by atoms with Crippen LogP contribution < -0.4 is 16.0 Å². The van der Waals surface area contributed by atoms with E-state index in [4.69, 9.17) is 4.74 Å². The first-order valence-electron chi connectivity index (χ1n) is 9.54. The highest BCUT2D eigenvalue weighted by Gasteiger charge is 2.33. The van der Waals surface area contributed by atoms with Crippen molar-refractivity contribution in [1.82, 2.24) is 14.1 Å². The number of ketones is 2. The maximum Gasteiger partial charge on any atom is 0.332 e. The second-order valence-corrected chi connectivity index (χ2v) is 8.11. The number of carbonyl (C=O) groups is 2. The summed E-state index contributed by atoms with van der Waals surface area (Å²) < 4.78 is 7.47. The molecule has 0 amide bonds. The molecule has 0 spiro atoms. The van der Waals surface area contributed by atoms with Gasteiger partial charge in [0.25, 0.3) is 5.56 Å². The lowest BCUT2D eigenvalue weighted by Crippen LogP contribution is -2.39. The number of methoxy groups -OCH3 is 1. The van der Waals surface area contributed by atoms with E-state index in [1.807, 2.05) is 12.1 Å².